The topological polar surface area (TPSA) is 58.2 Å². The first-order valence-corrected chi connectivity index (χ1v) is 13.3. The van der Waals surface area contributed by atoms with Gasteiger partial charge in [0.25, 0.3) is 11.8 Å². The molecule has 4 nitrogen and oxygen atoms in total. The molecule has 0 aromatic heterocycles. The zero-order chi connectivity index (χ0) is 28.6. The maximum absolute atomic E-state index is 12.8. The minimum atomic E-state index is -0.178. The van der Waals surface area contributed by atoms with Crippen LogP contribution >= 0.6 is 0 Å². The summed E-state index contributed by atoms with van der Waals surface area (Å²) in [5.74, 6) is -0.337. The fourth-order valence-electron chi connectivity index (χ4n) is 3.72. The quantitative estimate of drug-likeness (QED) is 0.256. The number of benzene rings is 4. The highest BCUT2D eigenvalue weighted by molar-refractivity contribution is 6.05. The molecule has 2 amide bonds. The molecule has 4 aromatic rings. The Balaban J connectivity index is 0.00000127. The summed E-state index contributed by atoms with van der Waals surface area (Å²) >= 11 is 0. The molecule has 0 saturated heterocycles. The molecule has 0 unspecified atom stereocenters. The number of amides is 2. The fourth-order valence-corrected chi connectivity index (χ4v) is 3.72. The van der Waals surface area contributed by atoms with Gasteiger partial charge in [-0.25, -0.2) is 0 Å². The van der Waals surface area contributed by atoms with E-state index in [4.69, 9.17) is 0 Å². The van der Waals surface area contributed by atoms with E-state index in [0.29, 0.717) is 11.1 Å². The number of anilines is 2. The Morgan fingerprint density at radius 1 is 0.615 bits per heavy atom. The molecule has 0 aliphatic heterocycles. The zero-order valence-electron chi connectivity index (χ0n) is 23.5. The van der Waals surface area contributed by atoms with Crippen molar-refractivity contribution in [1.82, 2.24) is 0 Å². The Morgan fingerprint density at radius 2 is 1.10 bits per heavy atom. The van der Waals surface area contributed by atoms with E-state index in [1.807, 2.05) is 120 Å². The zero-order valence-corrected chi connectivity index (χ0v) is 23.5. The first-order chi connectivity index (χ1) is 19.1. The van der Waals surface area contributed by atoms with Crippen LogP contribution in [0.2, 0.25) is 0 Å². The fraction of sp³-hybridized carbons (Fsp3) is 0.143. The van der Waals surface area contributed by atoms with Gasteiger partial charge in [0.2, 0.25) is 0 Å². The second kappa shape index (κ2) is 16.2. The number of allylic oxidation sites excluding steroid dienone is 1. The van der Waals surface area contributed by atoms with E-state index in [0.717, 1.165) is 33.6 Å². The molecule has 0 spiro atoms. The monoisotopic (exact) mass is 518 g/mol. The Hall–Kier alpha value is -4.70. The number of hydrogen-bond acceptors (Lipinski definition) is 2. The van der Waals surface area contributed by atoms with E-state index in [-0.39, 0.29) is 11.8 Å². The van der Waals surface area contributed by atoms with E-state index in [2.05, 4.69) is 17.2 Å². The standard InChI is InChI=1S/C31H26N2O2.2C2H6/c1-3-8-27-21-29(20-19-22(27)4-2)33-31(35)26-17-13-24(14-18-26)23-11-15-25(16-12-23)30(34)32-28-9-6-5-7-10-28;2*1-2/h3-21H,2H2,1H3,(H,32,34)(H,33,35);2*1-2H3/b8-3-;;. The van der Waals surface area contributed by atoms with Crippen molar-refractivity contribution in [3.8, 4) is 11.1 Å². The minimum absolute atomic E-state index is 0.159. The third-order valence-electron chi connectivity index (χ3n) is 5.57. The molecule has 0 heterocycles. The van der Waals surface area contributed by atoms with Crippen LogP contribution in [0, 0.1) is 0 Å². The second-order valence-electron chi connectivity index (χ2n) is 7.98. The minimum Gasteiger partial charge on any atom is -0.322 e. The third-order valence-corrected chi connectivity index (χ3v) is 5.57. The summed E-state index contributed by atoms with van der Waals surface area (Å²) in [4.78, 5) is 25.2. The first-order valence-electron chi connectivity index (χ1n) is 13.3. The normalized spacial score (nSPS) is 9.87. The van der Waals surface area contributed by atoms with Crippen molar-refractivity contribution in [1.29, 1.82) is 0 Å². The highest BCUT2D eigenvalue weighted by Gasteiger charge is 2.09. The third kappa shape index (κ3) is 8.68. The summed E-state index contributed by atoms with van der Waals surface area (Å²) in [6.07, 6.45) is 5.73. The lowest BCUT2D eigenvalue weighted by Crippen LogP contribution is -2.12. The smallest absolute Gasteiger partial charge is 0.255 e. The highest BCUT2D eigenvalue weighted by atomic mass is 16.2. The molecule has 0 atom stereocenters. The van der Waals surface area contributed by atoms with Gasteiger partial charge in [-0.1, -0.05) is 101 Å². The SMILES string of the molecule is C=Cc1ccc(NC(=O)c2ccc(-c3ccc(C(=O)Nc4ccccc4)cc3)cc2)cc1/C=C\C.CC.CC. The summed E-state index contributed by atoms with van der Waals surface area (Å²) in [6.45, 7) is 13.8. The van der Waals surface area contributed by atoms with Gasteiger partial charge in [0.1, 0.15) is 0 Å². The van der Waals surface area contributed by atoms with Gasteiger partial charge in [0.15, 0.2) is 0 Å². The molecule has 0 bridgehead atoms. The molecular formula is C35H38N2O2. The summed E-state index contributed by atoms with van der Waals surface area (Å²) in [5, 5.41) is 5.84. The molecule has 4 aromatic carbocycles. The van der Waals surface area contributed by atoms with Crippen LogP contribution in [0.25, 0.3) is 23.3 Å². The molecule has 4 heteroatoms. The van der Waals surface area contributed by atoms with Crippen LogP contribution in [0.15, 0.2) is 110 Å². The Morgan fingerprint density at radius 3 is 1.56 bits per heavy atom. The van der Waals surface area contributed by atoms with Crippen molar-refractivity contribution in [3.05, 3.63) is 132 Å². The number of hydrogen-bond donors (Lipinski definition) is 2. The van der Waals surface area contributed by atoms with E-state index >= 15 is 0 Å². The second-order valence-corrected chi connectivity index (χ2v) is 7.98. The van der Waals surface area contributed by atoms with Crippen LogP contribution in [-0.2, 0) is 0 Å². The lowest BCUT2D eigenvalue weighted by molar-refractivity contribution is 0.101. The highest BCUT2D eigenvalue weighted by Crippen LogP contribution is 2.23. The van der Waals surface area contributed by atoms with Crippen LogP contribution in [-0.4, -0.2) is 11.8 Å². The Kier molecular flexibility index (Phi) is 12.7. The van der Waals surface area contributed by atoms with Crippen molar-refractivity contribution in [3.63, 3.8) is 0 Å². The number of rotatable bonds is 7. The molecule has 0 radical (unpaired) electrons. The molecule has 0 aliphatic carbocycles. The first kappa shape index (κ1) is 30.5. The molecule has 39 heavy (non-hydrogen) atoms. The van der Waals surface area contributed by atoms with Gasteiger partial charge in [-0.05, 0) is 77.7 Å². The predicted octanol–water partition coefficient (Wildman–Crippen LogP) is 9.59. The van der Waals surface area contributed by atoms with Crippen LogP contribution in [0.4, 0.5) is 11.4 Å². The van der Waals surface area contributed by atoms with Crippen molar-refractivity contribution in [2.45, 2.75) is 34.6 Å². The van der Waals surface area contributed by atoms with E-state index in [9.17, 15) is 9.59 Å². The maximum Gasteiger partial charge on any atom is 0.255 e. The van der Waals surface area contributed by atoms with Crippen LogP contribution in [0.1, 0.15) is 66.5 Å². The summed E-state index contributed by atoms with van der Waals surface area (Å²) in [7, 11) is 0. The van der Waals surface area contributed by atoms with E-state index in [1.54, 1.807) is 30.3 Å². The molecule has 2 N–H and O–H groups in total. The Bertz CT molecular complexity index is 1370. The van der Waals surface area contributed by atoms with Crippen LogP contribution in [0.5, 0.6) is 0 Å². The van der Waals surface area contributed by atoms with Gasteiger partial charge in [-0.2, -0.15) is 0 Å². The van der Waals surface area contributed by atoms with Crippen LogP contribution < -0.4 is 10.6 Å². The molecule has 200 valence electrons. The molecule has 0 aliphatic rings. The number of para-hydroxylation sites is 1. The largest absolute Gasteiger partial charge is 0.322 e. The van der Waals surface area contributed by atoms with Gasteiger partial charge >= 0.3 is 0 Å². The van der Waals surface area contributed by atoms with Gasteiger partial charge in [-0.15, -0.1) is 0 Å². The van der Waals surface area contributed by atoms with Gasteiger partial charge in [0.05, 0.1) is 0 Å². The molecular weight excluding hydrogens is 480 g/mol. The summed E-state index contributed by atoms with van der Waals surface area (Å²) in [6, 6.07) is 29.9. The lowest BCUT2D eigenvalue weighted by atomic mass is 10.0. The Labute approximate surface area is 233 Å². The van der Waals surface area contributed by atoms with Gasteiger partial charge in [-0.3, -0.25) is 9.59 Å². The number of carbonyl (C=O) groups is 2. The molecule has 0 saturated carbocycles. The van der Waals surface area contributed by atoms with E-state index in [1.165, 1.54) is 0 Å². The number of nitrogens with one attached hydrogen (secondary N) is 2. The average Bonchev–Trinajstić information content (AvgIpc) is 3.00. The van der Waals surface area contributed by atoms with Crippen LogP contribution in [0.3, 0.4) is 0 Å². The van der Waals surface area contributed by atoms with Gasteiger partial charge in [0, 0.05) is 22.5 Å². The average molecular weight is 519 g/mol. The molecule has 4 rings (SSSR count). The summed E-state index contributed by atoms with van der Waals surface area (Å²) in [5.41, 5.74) is 6.55. The van der Waals surface area contributed by atoms with Crippen molar-refractivity contribution < 1.29 is 9.59 Å². The lowest BCUT2D eigenvalue weighted by Gasteiger charge is -2.09. The van der Waals surface area contributed by atoms with E-state index < -0.39 is 0 Å². The predicted molar refractivity (Wildman–Crippen MR) is 168 cm³/mol. The molecule has 0 fully saturated rings. The maximum atomic E-state index is 12.8. The van der Waals surface area contributed by atoms with Crippen molar-refractivity contribution >= 4 is 35.3 Å². The van der Waals surface area contributed by atoms with Gasteiger partial charge < -0.3 is 10.6 Å². The summed E-state index contributed by atoms with van der Waals surface area (Å²) < 4.78 is 0. The van der Waals surface area contributed by atoms with Crippen molar-refractivity contribution in [2.24, 2.45) is 0 Å². The number of carbonyl (C=O) groups excluding carboxylic acids is 2. The van der Waals surface area contributed by atoms with Crippen molar-refractivity contribution in [2.75, 3.05) is 10.6 Å².